The number of rotatable bonds is 4. The molecule has 1 amide bonds. The van der Waals surface area contributed by atoms with Gasteiger partial charge in [-0.25, -0.2) is 9.67 Å². The number of nitrogens with zero attached hydrogens (tertiary/aromatic N) is 5. The molecular weight excluding hydrogens is 374 g/mol. The van der Waals surface area contributed by atoms with Crippen LogP contribution in [-0.4, -0.2) is 32.7 Å². The van der Waals surface area contributed by atoms with E-state index in [1.54, 1.807) is 4.90 Å². The van der Waals surface area contributed by atoms with Crippen LogP contribution in [0.25, 0.3) is 11.4 Å². The van der Waals surface area contributed by atoms with Crippen LogP contribution in [0, 0.1) is 5.41 Å². The Hall–Kier alpha value is -3.02. The van der Waals surface area contributed by atoms with Crippen molar-refractivity contribution in [2.24, 2.45) is 5.41 Å². The number of hydrogen-bond acceptors (Lipinski definition) is 4. The molecule has 2 fully saturated rings. The Bertz CT molecular complexity index is 1180. The summed E-state index contributed by atoms with van der Waals surface area (Å²) in [7, 11) is 1.85. The summed E-state index contributed by atoms with van der Waals surface area (Å²) in [6.07, 6.45) is 7.47. The number of hydrogen-bond donors (Lipinski definition) is 0. The average molecular weight is 399 g/mol. The fourth-order valence-electron chi connectivity index (χ4n) is 5.03. The maximum atomic E-state index is 12.7. The number of pyridine rings is 1. The largest absolute Gasteiger partial charge is 0.314 e. The second-order valence-corrected chi connectivity index (χ2v) is 9.65. The highest BCUT2D eigenvalue weighted by atomic mass is 16.2. The quantitative estimate of drug-likeness (QED) is 0.667. The molecule has 0 radical (unpaired) electrons. The molecule has 1 aromatic carbocycles. The molecule has 1 unspecified atom stereocenters. The van der Waals surface area contributed by atoms with E-state index in [9.17, 15) is 4.79 Å². The fraction of sp³-hybridized carbons (Fsp3) is 0.417. The van der Waals surface area contributed by atoms with Crippen molar-refractivity contribution >= 4 is 11.6 Å². The van der Waals surface area contributed by atoms with Gasteiger partial charge in [-0.2, -0.15) is 5.10 Å². The molecule has 2 saturated carbocycles. The first-order chi connectivity index (χ1) is 14.4. The van der Waals surface area contributed by atoms with Gasteiger partial charge in [0.15, 0.2) is 11.6 Å². The molecule has 3 aromatic rings. The van der Waals surface area contributed by atoms with E-state index < -0.39 is 5.41 Å². The summed E-state index contributed by atoms with van der Waals surface area (Å²) >= 11 is 0. The van der Waals surface area contributed by atoms with Gasteiger partial charge in [0.1, 0.15) is 0 Å². The van der Waals surface area contributed by atoms with Crippen molar-refractivity contribution in [1.29, 1.82) is 0 Å². The molecule has 6 rings (SSSR count). The summed E-state index contributed by atoms with van der Waals surface area (Å²) in [6, 6.07) is 10.3. The van der Waals surface area contributed by atoms with E-state index in [0.717, 1.165) is 34.0 Å². The number of carbonyl (C=O) groups excluding carboxylic acids is 1. The minimum atomic E-state index is -0.534. The molecule has 1 atom stereocenters. The highest BCUT2D eigenvalue weighted by Crippen LogP contribution is 2.74. The lowest BCUT2D eigenvalue weighted by Gasteiger charge is -2.16. The average Bonchev–Trinajstić information content (AvgIpc) is 3.64. The van der Waals surface area contributed by atoms with Crippen LogP contribution in [0.4, 0.5) is 5.69 Å². The predicted molar refractivity (Wildman–Crippen MR) is 114 cm³/mol. The summed E-state index contributed by atoms with van der Waals surface area (Å²) < 4.78 is 2.02. The third-order valence-electron chi connectivity index (χ3n) is 7.29. The van der Waals surface area contributed by atoms with Crippen molar-refractivity contribution in [3.05, 3.63) is 59.7 Å². The van der Waals surface area contributed by atoms with Crippen LogP contribution in [0.1, 0.15) is 56.0 Å². The maximum Gasteiger partial charge on any atom is 0.236 e. The monoisotopic (exact) mass is 399 g/mol. The lowest BCUT2D eigenvalue weighted by Crippen LogP contribution is -2.33. The molecule has 2 aromatic heterocycles. The van der Waals surface area contributed by atoms with Crippen LogP contribution >= 0.6 is 0 Å². The standard InChI is InChI=1S/C24H25N5O/c1-23(2)17-12-16(4-5-19(17)28(3)22(23)30)21-26-20(18-13-24(18)8-9-24)27-29(21)14-15-6-10-25-11-7-15/h4-7,10-12,18H,8-9,13-14H2,1-3H3. The molecule has 30 heavy (non-hydrogen) atoms. The van der Waals surface area contributed by atoms with Crippen molar-refractivity contribution in [1.82, 2.24) is 19.7 Å². The smallest absolute Gasteiger partial charge is 0.236 e. The van der Waals surface area contributed by atoms with Crippen LogP contribution in [0.3, 0.4) is 0 Å². The molecule has 152 valence electrons. The second kappa shape index (κ2) is 5.78. The molecular formula is C24H25N5O. The van der Waals surface area contributed by atoms with Gasteiger partial charge in [0.25, 0.3) is 0 Å². The molecule has 0 bridgehead atoms. The number of carbonyl (C=O) groups is 1. The lowest BCUT2D eigenvalue weighted by molar-refractivity contribution is -0.121. The van der Waals surface area contributed by atoms with E-state index in [2.05, 4.69) is 17.1 Å². The third kappa shape index (κ3) is 2.49. The topological polar surface area (TPSA) is 63.9 Å². The van der Waals surface area contributed by atoms with E-state index in [1.165, 1.54) is 19.3 Å². The van der Waals surface area contributed by atoms with Gasteiger partial charge < -0.3 is 4.90 Å². The van der Waals surface area contributed by atoms with Crippen molar-refractivity contribution < 1.29 is 4.79 Å². The number of benzene rings is 1. The first-order valence-corrected chi connectivity index (χ1v) is 10.7. The molecule has 3 aliphatic rings. The molecule has 0 saturated heterocycles. The van der Waals surface area contributed by atoms with Gasteiger partial charge in [-0.3, -0.25) is 9.78 Å². The van der Waals surface area contributed by atoms with Crippen LogP contribution in [0.15, 0.2) is 42.7 Å². The Morgan fingerprint density at radius 2 is 1.90 bits per heavy atom. The van der Waals surface area contributed by atoms with Crippen molar-refractivity contribution in [3.63, 3.8) is 0 Å². The minimum Gasteiger partial charge on any atom is -0.314 e. The van der Waals surface area contributed by atoms with Crippen LogP contribution in [-0.2, 0) is 16.8 Å². The first kappa shape index (κ1) is 17.8. The van der Waals surface area contributed by atoms with E-state index >= 15 is 0 Å². The van der Waals surface area contributed by atoms with Gasteiger partial charge in [-0.05, 0) is 80.0 Å². The predicted octanol–water partition coefficient (Wildman–Crippen LogP) is 3.91. The van der Waals surface area contributed by atoms with E-state index in [4.69, 9.17) is 10.1 Å². The van der Waals surface area contributed by atoms with Gasteiger partial charge >= 0.3 is 0 Å². The van der Waals surface area contributed by atoms with Crippen LogP contribution in [0.5, 0.6) is 0 Å². The van der Waals surface area contributed by atoms with Gasteiger partial charge in [-0.15, -0.1) is 0 Å². The molecule has 6 nitrogen and oxygen atoms in total. The molecule has 1 aliphatic heterocycles. The number of anilines is 1. The van der Waals surface area contributed by atoms with Crippen molar-refractivity contribution in [2.75, 3.05) is 11.9 Å². The van der Waals surface area contributed by atoms with E-state index in [-0.39, 0.29) is 5.91 Å². The summed E-state index contributed by atoms with van der Waals surface area (Å²) in [5, 5.41) is 4.95. The fourth-order valence-corrected chi connectivity index (χ4v) is 5.03. The van der Waals surface area contributed by atoms with Gasteiger partial charge in [-0.1, -0.05) is 0 Å². The van der Waals surface area contributed by atoms with Crippen LogP contribution in [0.2, 0.25) is 0 Å². The number of likely N-dealkylation sites (N-methyl/N-ethyl adjacent to an activating group) is 1. The lowest BCUT2D eigenvalue weighted by atomic mass is 9.85. The molecule has 3 heterocycles. The zero-order valence-corrected chi connectivity index (χ0v) is 17.6. The number of amides is 1. The molecule has 6 heteroatoms. The van der Waals surface area contributed by atoms with Gasteiger partial charge in [0.2, 0.25) is 5.91 Å². The number of aromatic nitrogens is 4. The summed E-state index contributed by atoms with van der Waals surface area (Å²) in [5.74, 6) is 2.49. The highest BCUT2D eigenvalue weighted by Gasteiger charge is 2.64. The Morgan fingerprint density at radius 3 is 2.60 bits per heavy atom. The van der Waals surface area contributed by atoms with Gasteiger partial charge in [0, 0.05) is 36.6 Å². The molecule has 1 spiro atoms. The molecule has 2 aliphatic carbocycles. The maximum absolute atomic E-state index is 12.7. The first-order valence-electron chi connectivity index (χ1n) is 10.7. The van der Waals surface area contributed by atoms with Gasteiger partial charge in [0.05, 0.1) is 12.0 Å². The third-order valence-corrected chi connectivity index (χ3v) is 7.29. The summed E-state index contributed by atoms with van der Waals surface area (Å²) in [6.45, 7) is 4.65. The Morgan fingerprint density at radius 1 is 1.13 bits per heavy atom. The molecule has 0 N–H and O–H groups in total. The van der Waals surface area contributed by atoms with E-state index in [1.807, 2.05) is 56.2 Å². The Kier molecular flexibility index (Phi) is 3.43. The van der Waals surface area contributed by atoms with Crippen molar-refractivity contribution in [3.8, 4) is 11.4 Å². The van der Waals surface area contributed by atoms with Crippen molar-refractivity contribution in [2.45, 2.75) is 51.0 Å². The zero-order chi connectivity index (χ0) is 20.7. The zero-order valence-electron chi connectivity index (χ0n) is 17.6. The number of fused-ring (bicyclic) bond motifs is 1. The SMILES string of the molecule is CN1C(=O)C(C)(C)c2cc(-c3nc(C4CC45CC5)nn3Cc3ccncc3)ccc21. The normalized spacial score (nSPS) is 22.4. The summed E-state index contributed by atoms with van der Waals surface area (Å²) in [5.41, 5.74) is 4.17. The minimum absolute atomic E-state index is 0.127. The Balaban J connectivity index is 1.44. The highest BCUT2D eigenvalue weighted by molar-refractivity contribution is 6.07. The Labute approximate surface area is 176 Å². The van der Waals surface area contributed by atoms with Crippen LogP contribution < -0.4 is 4.90 Å². The van der Waals surface area contributed by atoms with E-state index in [0.29, 0.717) is 17.9 Å². The second-order valence-electron chi connectivity index (χ2n) is 9.65. The summed E-state index contributed by atoms with van der Waals surface area (Å²) in [4.78, 5) is 23.6.